The highest BCUT2D eigenvalue weighted by Crippen LogP contribution is 2.52. The first-order chi connectivity index (χ1) is 21.3. The summed E-state index contributed by atoms with van der Waals surface area (Å²) in [6, 6.07) is 8.21. The van der Waals surface area contributed by atoms with Gasteiger partial charge in [0.15, 0.2) is 0 Å². The summed E-state index contributed by atoms with van der Waals surface area (Å²) in [5.41, 5.74) is 0. The van der Waals surface area contributed by atoms with Crippen LogP contribution in [0.5, 0.6) is 5.75 Å². The van der Waals surface area contributed by atoms with Gasteiger partial charge in [0.25, 0.3) is 0 Å². The van der Waals surface area contributed by atoms with E-state index in [1.807, 2.05) is 0 Å². The van der Waals surface area contributed by atoms with E-state index >= 15 is 0 Å². The molecule has 0 spiro atoms. The second kappa shape index (κ2) is 23.3. The fraction of sp³-hybridized carbons (Fsp3) is 0.824. The molecule has 0 saturated heterocycles. The Kier molecular flexibility index (Phi) is 20.7. The molecule has 1 aliphatic carbocycles. The average molecular weight is 645 g/mol. The number of hydrogen-bond donors (Lipinski definition) is 5. The minimum atomic E-state index is -4.38. The number of benzene rings is 1. The van der Waals surface area contributed by atoms with Crippen LogP contribution in [-0.2, 0) is 13.6 Å². The van der Waals surface area contributed by atoms with E-state index in [1.54, 1.807) is 30.3 Å². The Labute approximate surface area is 266 Å². The molecule has 256 valence electrons. The summed E-state index contributed by atoms with van der Waals surface area (Å²) in [7, 11) is -4.38. The second-order valence-electron chi connectivity index (χ2n) is 12.4. The molecule has 10 heteroatoms. The van der Waals surface area contributed by atoms with E-state index < -0.39 is 44.4 Å². The van der Waals surface area contributed by atoms with Crippen molar-refractivity contribution in [3.8, 4) is 5.75 Å². The predicted octanol–water partition coefficient (Wildman–Crippen LogP) is 7.22. The van der Waals surface area contributed by atoms with Gasteiger partial charge in [0, 0.05) is 0 Å². The van der Waals surface area contributed by atoms with Crippen molar-refractivity contribution in [2.75, 3.05) is 6.61 Å². The van der Waals surface area contributed by atoms with Gasteiger partial charge in [-0.2, -0.15) is 0 Å². The standard InChI is InChI=1S/C34H61O9P/c1-2-3-4-5-6-7-8-9-10-11-12-13-14-15-16-17-18-19-20-24-27-41-44(40,42-28-25-22-21-23-26-28)43-34-32(38)30(36)29(35)31(37)33(34)39/h21-23,25-26,29-39H,2-20,24,27H2,1H3/t29?,30-,31+,32-,33-,34?,44?/m1/s1. The van der Waals surface area contributed by atoms with E-state index in [0.717, 1.165) is 19.3 Å². The Hall–Kier alpha value is -1.03. The molecule has 9 nitrogen and oxygen atoms in total. The number of rotatable bonds is 26. The van der Waals surface area contributed by atoms with Crippen molar-refractivity contribution in [1.82, 2.24) is 0 Å². The maximum atomic E-state index is 13.5. The number of para-hydroxylation sites is 1. The number of hydrogen-bond acceptors (Lipinski definition) is 9. The maximum absolute atomic E-state index is 13.5. The molecule has 1 fully saturated rings. The first kappa shape index (κ1) is 39.1. The van der Waals surface area contributed by atoms with Crippen LogP contribution in [0.15, 0.2) is 30.3 Å². The van der Waals surface area contributed by atoms with Crippen molar-refractivity contribution >= 4 is 7.82 Å². The van der Waals surface area contributed by atoms with E-state index in [-0.39, 0.29) is 12.4 Å². The van der Waals surface area contributed by atoms with E-state index in [9.17, 15) is 30.1 Å². The normalized spacial score (nSPS) is 25.1. The zero-order chi connectivity index (χ0) is 32.0. The van der Waals surface area contributed by atoms with Gasteiger partial charge in [0.2, 0.25) is 0 Å². The van der Waals surface area contributed by atoms with Gasteiger partial charge >= 0.3 is 7.82 Å². The third kappa shape index (κ3) is 15.5. The SMILES string of the molecule is CCCCCCCCCCCCCCCCCCCCCCOP(=O)(Oc1ccccc1)OC1[C@H](O)[C@H](O)C(O)[C@H](O)[C@H]1O. The zero-order valence-electron chi connectivity index (χ0n) is 27.0. The van der Waals surface area contributed by atoms with Crippen LogP contribution in [0, 0.1) is 0 Å². The molecule has 0 aliphatic heterocycles. The summed E-state index contributed by atoms with van der Waals surface area (Å²) < 4.78 is 30.0. The first-order valence-electron chi connectivity index (χ1n) is 17.4. The lowest BCUT2D eigenvalue weighted by Crippen LogP contribution is -2.64. The van der Waals surface area contributed by atoms with Gasteiger partial charge in [-0.15, -0.1) is 0 Å². The van der Waals surface area contributed by atoms with Crippen molar-refractivity contribution < 1.29 is 43.7 Å². The third-order valence-electron chi connectivity index (χ3n) is 8.53. The van der Waals surface area contributed by atoms with Crippen LogP contribution >= 0.6 is 7.82 Å². The van der Waals surface area contributed by atoms with Gasteiger partial charge in [-0.05, 0) is 18.6 Å². The van der Waals surface area contributed by atoms with Crippen LogP contribution in [-0.4, -0.2) is 68.8 Å². The fourth-order valence-electron chi connectivity index (χ4n) is 5.69. The molecule has 0 amide bonds. The summed E-state index contributed by atoms with van der Waals surface area (Å²) in [6.45, 7) is 2.33. The molecule has 1 aliphatic rings. The van der Waals surface area contributed by atoms with Gasteiger partial charge in [-0.3, -0.25) is 9.05 Å². The van der Waals surface area contributed by atoms with Crippen molar-refractivity contribution in [2.45, 2.75) is 172 Å². The molecule has 3 unspecified atom stereocenters. The lowest BCUT2D eigenvalue weighted by molar-refractivity contribution is -0.219. The Morgan fingerprint density at radius 2 is 0.909 bits per heavy atom. The molecule has 0 aromatic heterocycles. The topological polar surface area (TPSA) is 146 Å². The Balaban J connectivity index is 1.55. The number of aliphatic hydroxyl groups is 5. The van der Waals surface area contributed by atoms with Gasteiger partial charge in [0.05, 0.1) is 6.61 Å². The molecule has 1 aromatic carbocycles. The second-order valence-corrected chi connectivity index (χ2v) is 14.0. The highest BCUT2D eigenvalue weighted by Gasteiger charge is 2.52. The summed E-state index contributed by atoms with van der Waals surface area (Å²) in [4.78, 5) is 0. The lowest BCUT2D eigenvalue weighted by atomic mass is 9.85. The van der Waals surface area contributed by atoms with Crippen LogP contribution in [0.4, 0.5) is 0 Å². The van der Waals surface area contributed by atoms with Gasteiger partial charge in [0.1, 0.15) is 42.4 Å². The quantitative estimate of drug-likeness (QED) is 0.0521. The molecule has 0 heterocycles. The van der Waals surface area contributed by atoms with Crippen LogP contribution < -0.4 is 4.52 Å². The summed E-state index contributed by atoms with van der Waals surface area (Å²) in [5.74, 6) is 0.195. The molecule has 1 saturated carbocycles. The average Bonchev–Trinajstić information content (AvgIpc) is 3.02. The van der Waals surface area contributed by atoms with Crippen LogP contribution in [0.3, 0.4) is 0 Å². The highest BCUT2D eigenvalue weighted by atomic mass is 31.2. The zero-order valence-corrected chi connectivity index (χ0v) is 27.9. The van der Waals surface area contributed by atoms with Gasteiger partial charge in [-0.25, -0.2) is 4.57 Å². The van der Waals surface area contributed by atoms with Crippen LogP contribution in [0.25, 0.3) is 0 Å². The number of aliphatic hydroxyl groups excluding tert-OH is 5. The monoisotopic (exact) mass is 644 g/mol. The van der Waals surface area contributed by atoms with Crippen molar-refractivity contribution in [1.29, 1.82) is 0 Å². The number of phosphoric ester groups is 1. The lowest BCUT2D eigenvalue weighted by Gasteiger charge is -2.41. The van der Waals surface area contributed by atoms with Crippen molar-refractivity contribution in [3.05, 3.63) is 30.3 Å². The maximum Gasteiger partial charge on any atom is 0.530 e. The summed E-state index contributed by atoms with van der Waals surface area (Å²) in [5, 5.41) is 50.5. The Morgan fingerprint density at radius 1 is 0.545 bits per heavy atom. The molecule has 1 aromatic rings. The van der Waals surface area contributed by atoms with E-state index in [2.05, 4.69) is 6.92 Å². The molecular weight excluding hydrogens is 583 g/mol. The van der Waals surface area contributed by atoms with Crippen molar-refractivity contribution in [3.63, 3.8) is 0 Å². The molecule has 0 bridgehead atoms. The first-order valence-corrected chi connectivity index (χ1v) is 18.8. The Morgan fingerprint density at radius 3 is 1.32 bits per heavy atom. The van der Waals surface area contributed by atoms with E-state index in [4.69, 9.17) is 13.6 Å². The third-order valence-corrected chi connectivity index (χ3v) is 9.97. The number of unbranched alkanes of at least 4 members (excludes halogenated alkanes) is 19. The summed E-state index contributed by atoms with van der Waals surface area (Å²) in [6.07, 6.45) is 14.6. The summed E-state index contributed by atoms with van der Waals surface area (Å²) >= 11 is 0. The minimum absolute atomic E-state index is 0.0652. The van der Waals surface area contributed by atoms with Gasteiger partial charge in [-0.1, -0.05) is 147 Å². The van der Waals surface area contributed by atoms with Gasteiger partial charge < -0.3 is 30.1 Å². The molecule has 44 heavy (non-hydrogen) atoms. The van der Waals surface area contributed by atoms with E-state index in [0.29, 0.717) is 6.42 Å². The van der Waals surface area contributed by atoms with Crippen molar-refractivity contribution in [2.24, 2.45) is 0 Å². The largest absolute Gasteiger partial charge is 0.530 e. The molecule has 5 N–H and O–H groups in total. The van der Waals surface area contributed by atoms with Crippen LogP contribution in [0.2, 0.25) is 0 Å². The Bertz CT molecular complexity index is 858. The number of phosphoric acid groups is 1. The highest BCUT2D eigenvalue weighted by molar-refractivity contribution is 7.49. The molecule has 7 atom stereocenters. The smallest absolute Gasteiger partial charge is 0.404 e. The molecule has 0 radical (unpaired) electrons. The fourth-order valence-corrected chi connectivity index (χ4v) is 7.13. The van der Waals surface area contributed by atoms with Crippen LogP contribution in [0.1, 0.15) is 135 Å². The molecular formula is C34H61O9P. The predicted molar refractivity (Wildman–Crippen MR) is 174 cm³/mol. The molecule has 2 rings (SSSR count). The minimum Gasteiger partial charge on any atom is -0.404 e. The van der Waals surface area contributed by atoms with E-state index in [1.165, 1.54) is 103 Å².